The first-order valence-corrected chi connectivity index (χ1v) is 10.1. The first-order valence-electron chi connectivity index (χ1n) is 7.56. The van der Waals surface area contributed by atoms with Gasteiger partial charge in [0.2, 0.25) is 5.24 Å². The van der Waals surface area contributed by atoms with Crippen LogP contribution in [0.1, 0.15) is 19.8 Å². The van der Waals surface area contributed by atoms with E-state index in [4.69, 9.17) is 34.8 Å². The molecule has 0 aromatic heterocycles. The normalized spacial score (nSPS) is 12.7. The summed E-state index contributed by atoms with van der Waals surface area (Å²) in [6.45, 7) is 1.56. The Kier molecular flexibility index (Phi) is 6.91. The molecule has 0 saturated heterocycles. The minimum atomic E-state index is -4.14. The van der Waals surface area contributed by atoms with Crippen molar-refractivity contribution in [2.24, 2.45) is 0 Å². The molecule has 0 fully saturated rings. The van der Waals surface area contributed by atoms with Crippen LogP contribution in [0.25, 0.3) is 0 Å². The largest absolute Gasteiger partial charge is 0.281 e. The Morgan fingerprint density at radius 1 is 1.12 bits per heavy atom. The van der Waals surface area contributed by atoms with E-state index in [-0.39, 0.29) is 28.4 Å². The van der Waals surface area contributed by atoms with E-state index in [1.165, 1.54) is 36.4 Å². The average Bonchev–Trinajstić information content (AvgIpc) is 2.56. The van der Waals surface area contributed by atoms with Crippen LogP contribution in [-0.2, 0) is 14.8 Å². The van der Waals surface area contributed by atoms with Crippen molar-refractivity contribution in [1.82, 2.24) is 0 Å². The number of anilines is 1. The quantitative estimate of drug-likeness (QED) is 0.554. The number of benzene rings is 2. The highest BCUT2D eigenvalue weighted by molar-refractivity contribution is 7.92. The van der Waals surface area contributed by atoms with Crippen molar-refractivity contribution >= 4 is 55.8 Å². The molecule has 0 saturated carbocycles. The van der Waals surface area contributed by atoms with Crippen molar-refractivity contribution in [3.05, 3.63) is 58.3 Å². The lowest BCUT2D eigenvalue weighted by Gasteiger charge is -2.31. The maximum atomic E-state index is 14.4. The van der Waals surface area contributed by atoms with Crippen molar-refractivity contribution in [2.45, 2.75) is 30.7 Å². The van der Waals surface area contributed by atoms with Crippen LogP contribution in [0.2, 0.25) is 10.0 Å². The number of carbonyl (C=O) groups is 1. The van der Waals surface area contributed by atoms with Crippen LogP contribution in [0.3, 0.4) is 0 Å². The van der Waals surface area contributed by atoms with E-state index in [0.717, 1.165) is 10.4 Å². The molecule has 9 heteroatoms. The molecule has 4 nitrogen and oxygen atoms in total. The van der Waals surface area contributed by atoms with Crippen LogP contribution in [0.5, 0.6) is 0 Å². The molecule has 0 bridgehead atoms. The second-order valence-electron chi connectivity index (χ2n) is 5.59. The van der Waals surface area contributed by atoms with Gasteiger partial charge in [-0.15, -0.1) is 0 Å². The molecule has 0 N–H and O–H groups in total. The lowest BCUT2D eigenvalue weighted by atomic mass is 10.2. The molecule has 0 radical (unpaired) electrons. The van der Waals surface area contributed by atoms with E-state index in [9.17, 15) is 17.6 Å². The third-order valence-corrected chi connectivity index (χ3v) is 6.29. The van der Waals surface area contributed by atoms with Gasteiger partial charge >= 0.3 is 0 Å². The zero-order valence-electron chi connectivity index (χ0n) is 13.6. The molecule has 0 amide bonds. The molecule has 140 valence electrons. The summed E-state index contributed by atoms with van der Waals surface area (Å²) in [4.78, 5) is 11.0. The topological polar surface area (TPSA) is 54.5 Å². The zero-order chi connectivity index (χ0) is 19.5. The first kappa shape index (κ1) is 21.0. The Morgan fingerprint density at radius 3 is 2.27 bits per heavy atom. The van der Waals surface area contributed by atoms with Crippen LogP contribution in [0.15, 0.2) is 47.4 Å². The summed E-state index contributed by atoms with van der Waals surface area (Å²) in [5.74, 6) is -0.754. The van der Waals surface area contributed by atoms with E-state index in [0.29, 0.717) is 5.02 Å². The summed E-state index contributed by atoms with van der Waals surface area (Å²) >= 11 is 17.1. The molecule has 1 unspecified atom stereocenters. The fourth-order valence-corrected chi connectivity index (χ4v) is 4.50. The van der Waals surface area contributed by atoms with E-state index in [1.807, 2.05) is 0 Å². The second kappa shape index (κ2) is 8.57. The number of nitrogens with zero attached hydrogens (tertiary/aromatic N) is 1. The van der Waals surface area contributed by atoms with Gasteiger partial charge in [0.15, 0.2) is 0 Å². The molecule has 0 spiro atoms. The molecular weight excluding hydrogens is 424 g/mol. The average molecular weight is 439 g/mol. The minimum absolute atomic E-state index is 0.0580. The van der Waals surface area contributed by atoms with Crippen molar-refractivity contribution in [1.29, 1.82) is 0 Å². The summed E-state index contributed by atoms with van der Waals surface area (Å²) in [6.07, 6.45) is 0.0542. The molecule has 0 aliphatic rings. The summed E-state index contributed by atoms with van der Waals surface area (Å²) in [6, 6.07) is 8.39. The van der Waals surface area contributed by atoms with Crippen molar-refractivity contribution in [3.8, 4) is 0 Å². The molecule has 2 aromatic rings. The lowest BCUT2D eigenvalue weighted by molar-refractivity contribution is -0.111. The monoisotopic (exact) mass is 437 g/mol. The smallest absolute Gasteiger partial charge is 0.264 e. The molecule has 1 atom stereocenters. The third kappa shape index (κ3) is 4.88. The van der Waals surface area contributed by atoms with E-state index < -0.39 is 27.1 Å². The molecule has 26 heavy (non-hydrogen) atoms. The molecule has 0 aliphatic heterocycles. The Hall–Kier alpha value is -1.34. The van der Waals surface area contributed by atoms with Gasteiger partial charge in [-0.1, -0.05) is 23.2 Å². The fraction of sp³-hybridized carbons (Fsp3) is 0.235. The number of rotatable bonds is 7. The first-order chi connectivity index (χ1) is 12.1. The highest BCUT2D eigenvalue weighted by Gasteiger charge is 2.31. The molecular formula is C17H15Cl3FNO3S. The van der Waals surface area contributed by atoms with Crippen LogP contribution in [0.4, 0.5) is 10.1 Å². The maximum absolute atomic E-state index is 14.4. The van der Waals surface area contributed by atoms with Gasteiger partial charge in [-0.25, -0.2) is 12.8 Å². The number of hydrogen-bond donors (Lipinski definition) is 0. The van der Waals surface area contributed by atoms with Gasteiger partial charge in [0.25, 0.3) is 10.0 Å². The Labute approximate surface area is 166 Å². The molecule has 2 rings (SSSR count). The van der Waals surface area contributed by atoms with Gasteiger partial charge in [0, 0.05) is 22.5 Å². The number of sulfonamides is 1. The molecule has 2 aromatic carbocycles. The summed E-state index contributed by atoms with van der Waals surface area (Å²) in [5, 5.41) is -0.0594. The van der Waals surface area contributed by atoms with Gasteiger partial charge in [-0.2, -0.15) is 0 Å². The Balaban J connectivity index is 2.57. The zero-order valence-corrected chi connectivity index (χ0v) is 16.7. The van der Waals surface area contributed by atoms with Crippen molar-refractivity contribution in [3.63, 3.8) is 0 Å². The van der Waals surface area contributed by atoms with Gasteiger partial charge in [-0.3, -0.25) is 9.10 Å². The Bertz CT molecular complexity index is 904. The highest BCUT2D eigenvalue weighted by Crippen LogP contribution is 2.32. The van der Waals surface area contributed by atoms with Gasteiger partial charge in [0.05, 0.1) is 10.6 Å². The number of halogens is 4. The number of carbonyl (C=O) groups excluding carboxylic acids is 1. The second-order valence-corrected chi connectivity index (χ2v) is 8.70. The predicted octanol–water partition coefficient (Wildman–Crippen LogP) is 5.26. The minimum Gasteiger partial charge on any atom is -0.281 e. The standard InChI is InChI=1S/C17H15Cl3FNO3S/c1-11(2-9-17(20)23)22(16-10-13(19)5-8-15(16)21)26(24,25)14-6-3-12(18)4-7-14/h3-8,10-11H,2,9H2,1H3. The maximum Gasteiger partial charge on any atom is 0.264 e. The third-order valence-electron chi connectivity index (χ3n) is 3.68. The van der Waals surface area contributed by atoms with Crippen LogP contribution < -0.4 is 4.31 Å². The molecule has 0 heterocycles. The molecule has 0 aliphatic carbocycles. The van der Waals surface area contributed by atoms with E-state index >= 15 is 0 Å². The van der Waals surface area contributed by atoms with Gasteiger partial charge in [0.1, 0.15) is 5.82 Å². The van der Waals surface area contributed by atoms with Crippen LogP contribution in [-0.4, -0.2) is 19.7 Å². The summed E-state index contributed by atoms with van der Waals surface area (Å²) in [5.41, 5.74) is -0.207. The van der Waals surface area contributed by atoms with E-state index in [2.05, 4.69) is 0 Å². The SMILES string of the molecule is CC(CCC(=O)Cl)N(c1cc(Cl)ccc1F)S(=O)(=O)c1ccc(Cl)cc1. The van der Waals surface area contributed by atoms with Crippen LogP contribution >= 0.6 is 34.8 Å². The van der Waals surface area contributed by atoms with Crippen molar-refractivity contribution in [2.75, 3.05) is 4.31 Å². The summed E-state index contributed by atoms with van der Waals surface area (Å²) < 4.78 is 41.6. The highest BCUT2D eigenvalue weighted by atomic mass is 35.5. The Morgan fingerprint density at radius 2 is 1.69 bits per heavy atom. The van der Waals surface area contributed by atoms with E-state index in [1.54, 1.807) is 6.92 Å². The predicted molar refractivity (Wildman–Crippen MR) is 102 cm³/mol. The lowest BCUT2D eigenvalue weighted by Crippen LogP contribution is -2.39. The number of hydrogen-bond acceptors (Lipinski definition) is 3. The van der Waals surface area contributed by atoms with Crippen LogP contribution in [0, 0.1) is 5.82 Å². The van der Waals surface area contributed by atoms with Gasteiger partial charge < -0.3 is 0 Å². The fourth-order valence-electron chi connectivity index (χ4n) is 2.42. The van der Waals surface area contributed by atoms with Crippen molar-refractivity contribution < 1.29 is 17.6 Å². The summed E-state index contributed by atoms with van der Waals surface area (Å²) in [7, 11) is -4.14. The van der Waals surface area contributed by atoms with Gasteiger partial charge in [-0.05, 0) is 67.4 Å².